The third-order valence-electron chi connectivity index (χ3n) is 3.25. The van der Waals surface area contributed by atoms with Crippen LogP contribution in [0.4, 0.5) is 5.82 Å². The summed E-state index contributed by atoms with van der Waals surface area (Å²) in [4.78, 5) is 6.87. The maximum atomic E-state index is 9.36. The summed E-state index contributed by atoms with van der Waals surface area (Å²) in [5.74, 6) is 0.814. The molecule has 1 aromatic heterocycles. The Kier molecular flexibility index (Phi) is 3.59. The van der Waals surface area contributed by atoms with Gasteiger partial charge in [0.2, 0.25) is 0 Å². The minimum atomic E-state index is 0.136. The second-order valence-corrected chi connectivity index (χ2v) is 4.80. The van der Waals surface area contributed by atoms with Gasteiger partial charge in [-0.2, -0.15) is 0 Å². The van der Waals surface area contributed by atoms with Crippen LogP contribution in [0.1, 0.15) is 24.0 Å². The zero-order chi connectivity index (χ0) is 12.4. The van der Waals surface area contributed by atoms with E-state index in [0.717, 1.165) is 36.3 Å². The van der Waals surface area contributed by atoms with Crippen LogP contribution < -0.4 is 10.6 Å². The fourth-order valence-electron chi connectivity index (χ4n) is 2.37. The molecule has 2 heterocycles. The number of aryl methyl sites for hydroxylation is 1. The van der Waals surface area contributed by atoms with E-state index in [-0.39, 0.29) is 12.6 Å². The van der Waals surface area contributed by atoms with Crippen LogP contribution in [-0.2, 0) is 0 Å². The van der Waals surface area contributed by atoms with Crippen LogP contribution in [-0.4, -0.2) is 34.3 Å². The largest absolute Gasteiger partial charge is 0.394 e. The van der Waals surface area contributed by atoms with Gasteiger partial charge >= 0.3 is 0 Å². The summed E-state index contributed by atoms with van der Waals surface area (Å²) in [6.45, 7) is 3.02. The minimum Gasteiger partial charge on any atom is -0.394 e. The molecule has 0 amide bonds. The fourth-order valence-corrected chi connectivity index (χ4v) is 2.62. The molecule has 1 fully saturated rings. The molecule has 2 rings (SSSR count). The highest BCUT2D eigenvalue weighted by atomic mass is 32.1. The molecule has 1 aliphatic heterocycles. The smallest absolute Gasteiger partial charge is 0.139 e. The van der Waals surface area contributed by atoms with Crippen LogP contribution in [0.2, 0.25) is 0 Å². The highest BCUT2D eigenvalue weighted by Crippen LogP contribution is 2.28. The molecule has 1 saturated heterocycles. The Bertz CT molecular complexity index is 436. The predicted octanol–water partition coefficient (Wildman–Crippen LogP) is 0.985. The molecule has 0 radical (unpaired) electrons. The topological polar surface area (TPSA) is 62.4 Å². The van der Waals surface area contributed by atoms with Crippen LogP contribution in [0.15, 0.2) is 12.3 Å². The molecule has 1 atom stereocenters. The summed E-state index contributed by atoms with van der Waals surface area (Å²) in [7, 11) is 0. The molecule has 3 N–H and O–H groups in total. The third kappa shape index (κ3) is 2.25. The second kappa shape index (κ2) is 4.98. The van der Waals surface area contributed by atoms with Crippen molar-refractivity contribution in [2.45, 2.75) is 25.8 Å². The molecule has 0 spiro atoms. The van der Waals surface area contributed by atoms with Gasteiger partial charge < -0.3 is 15.7 Å². The molecule has 1 unspecified atom stereocenters. The standard InChI is InChI=1S/C12H17N3OS/c1-8-4-5-14-12(10(8)11(13)17)15-6-2-3-9(15)7-16/h4-5,9,16H,2-3,6-7H2,1H3,(H2,13,17). The molecule has 1 aliphatic rings. The fraction of sp³-hybridized carbons (Fsp3) is 0.500. The van der Waals surface area contributed by atoms with Gasteiger partial charge in [0.15, 0.2) is 0 Å². The monoisotopic (exact) mass is 251 g/mol. The SMILES string of the molecule is Cc1ccnc(N2CCCC2CO)c1C(N)=S. The van der Waals surface area contributed by atoms with Gasteiger partial charge in [-0.25, -0.2) is 4.98 Å². The number of nitrogens with two attached hydrogens (primary N) is 1. The highest BCUT2D eigenvalue weighted by molar-refractivity contribution is 7.80. The molecule has 0 saturated carbocycles. The Hall–Kier alpha value is -1.20. The van der Waals surface area contributed by atoms with E-state index in [0.29, 0.717) is 4.99 Å². The predicted molar refractivity (Wildman–Crippen MR) is 72.3 cm³/mol. The molecule has 0 aliphatic carbocycles. The average Bonchev–Trinajstić information content (AvgIpc) is 2.75. The highest BCUT2D eigenvalue weighted by Gasteiger charge is 2.27. The molecular weight excluding hydrogens is 234 g/mol. The van der Waals surface area contributed by atoms with Gasteiger partial charge in [-0.05, 0) is 31.4 Å². The summed E-state index contributed by atoms with van der Waals surface area (Å²) in [6.07, 6.45) is 3.82. The van der Waals surface area contributed by atoms with Crippen LogP contribution in [0.3, 0.4) is 0 Å². The number of thiocarbonyl (C=S) groups is 1. The van der Waals surface area contributed by atoms with Gasteiger partial charge in [-0.1, -0.05) is 12.2 Å². The van der Waals surface area contributed by atoms with Crippen molar-refractivity contribution in [2.75, 3.05) is 18.1 Å². The minimum absolute atomic E-state index is 0.136. The maximum absolute atomic E-state index is 9.36. The summed E-state index contributed by atoms with van der Waals surface area (Å²) < 4.78 is 0. The van der Waals surface area contributed by atoms with E-state index in [1.54, 1.807) is 6.20 Å². The molecule has 4 nitrogen and oxygen atoms in total. The lowest BCUT2D eigenvalue weighted by Gasteiger charge is -2.26. The van der Waals surface area contributed by atoms with Crippen LogP contribution in [0.5, 0.6) is 0 Å². The van der Waals surface area contributed by atoms with Crippen molar-refractivity contribution in [1.82, 2.24) is 4.98 Å². The van der Waals surface area contributed by atoms with Gasteiger partial charge in [0, 0.05) is 12.7 Å². The Balaban J connectivity index is 2.44. The molecular formula is C12H17N3OS. The van der Waals surface area contributed by atoms with Gasteiger partial charge in [0.05, 0.1) is 18.2 Å². The zero-order valence-corrected chi connectivity index (χ0v) is 10.7. The first-order valence-electron chi connectivity index (χ1n) is 5.78. The molecule has 0 bridgehead atoms. The normalized spacial score (nSPS) is 19.6. The number of anilines is 1. The number of hydrogen-bond donors (Lipinski definition) is 2. The lowest BCUT2D eigenvalue weighted by atomic mass is 10.1. The van der Waals surface area contributed by atoms with Crippen molar-refractivity contribution in [2.24, 2.45) is 5.73 Å². The van der Waals surface area contributed by atoms with Gasteiger partial charge in [0.25, 0.3) is 0 Å². The first-order valence-corrected chi connectivity index (χ1v) is 6.19. The Labute approximate surface area is 106 Å². The van der Waals surface area contributed by atoms with Crippen LogP contribution >= 0.6 is 12.2 Å². The van der Waals surface area contributed by atoms with Gasteiger partial charge in [0.1, 0.15) is 10.8 Å². The zero-order valence-electron chi connectivity index (χ0n) is 9.89. The number of aromatic nitrogens is 1. The van der Waals surface area contributed by atoms with E-state index in [1.807, 2.05) is 13.0 Å². The Morgan fingerprint density at radius 2 is 2.47 bits per heavy atom. The maximum Gasteiger partial charge on any atom is 0.139 e. The molecule has 5 heteroatoms. The van der Waals surface area contributed by atoms with Crippen LogP contribution in [0, 0.1) is 6.92 Å². The second-order valence-electron chi connectivity index (χ2n) is 4.36. The lowest BCUT2D eigenvalue weighted by Crippen LogP contribution is -2.34. The van der Waals surface area contributed by atoms with Crippen molar-refractivity contribution in [1.29, 1.82) is 0 Å². The molecule has 92 valence electrons. The van der Waals surface area contributed by atoms with Crippen molar-refractivity contribution in [3.8, 4) is 0 Å². The first kappa shape index (κ1) is 12.3. The van der Waals surface area contributed by atoms with E-state index in [9.17, 15) is 5.11 Å². The Morgan fingerprint density at radius 3 is 3.12 bits per heavy atom. The third-order valence-corrected chi connectivity index (χ3v) is 3.45. The number of pyridine rings is 1. The van der Waals surface area contributed by atoms with E-state index < -0.39 is 0 Å². The first-order chi connectivity index (χ1) is 8.15. The summed E-state index contributed by atoms with van der Waals surface area (Å²) in [6, 6.07) is 2.04. The van der Waals surface area contributed by atoms with Gasteiger partial charge in [-0.15, -0.1) is 0 Å². The number of rotatable bonds is 3. The van der Waals surface area contributed by atoms with E-state index in [1.165, 1.54) is 0 Å². The molecule has 0 aromatic carbocycles. The molecule has 17 heavy (non-hydrogen) atoms. The van der Waals surface area contributed by atoms with Crippen molar-refractivity contribution < 1.29 is 5.11 Å². The average molecular weight is 251 g/mol. The Morgan fingerprint density at radius 1 is 1.71 bits per heavy atom. The molecule has 1 aromatic rings. The lowest BCUT2D eigenvalue weighted by molar-refractivity contribution is 0.266. The van der Waals surface area contributed by atoms with Gasteiger partial charge in [-0.3, -0.25) is 0 Å². The summed E-state index contributed by atoms with van der Waals surface area (Å²) in [5.41, 5.74) is 7.64. The van der Waals surface area contributed by atoms with Crippen molar-refractivity contribution in [3.05, 3.63) is 23.4 Å². The number of aliphatic hydroxyl groups excluding tert-OH is 1. The van der Waals surface area contributed by atoms with E-state index in [2.05, 4.69) is 9.88 Å². The summed E-state index contributed by atoms with van der Waals surface area (Å²) in [5, 5.41) is 9.36. The number of aliphatic hydroxyl groups is 1. The van der Waals surface area contributed by atoms with E-state index >= 15 is 0 Å². The van der Waals surface area contributed by atoms with Crippen LogP contribution in [0.25, 0.3) is 0 Å². The van der Waals surface area contributed by atoms with Crippen molar-refractivity contribution >= 4 is 23.0 Å². The van der Waals surface area contributed by atoms with Crippen molar-refractivity contribution in [3.63, 3.8) is 0 Å². The summed E-state index contributed by atoms with van der Waals surface area (Å²) >= 11 is 5.10. The number of nitrogens with zero attached hydrogens (tertiary/aromatic N) is 2. The quantitative estimate of drug-likeness (QED) is 0.784. The number of hydrogen-bond acceptors (Lipinski definition) is 4. The van der Waals surface area contributed by atoms with E-state index in [4.69, 9.17) is 18.0 Å².